The molecule has 0 bridgehead atoms. The lowest BCUT2D eigenvalue weighted by molar-refractivity contribution is -0.117. The van der Waals surface area contributed by atoms with Gasteiger partial charge in [0.05, 0.1) is 17.6 Å². The van der Waals surface area contributed by atoms with Gasteiger partial charge in [0.15, 0.2) is 5.82 Å². The van der Waals surface area contributed by atoms with Crippen LogP contribution in [0, 0.1) is 6.92 Å². The molecule has 0 saturated heterocycles. The Kier molecular flexibility index (Phi) is 4.01. The first kappa shape index (κ1) is 17.4. The van der Waals surface area contributed by atoms with Gasteiger partial charge in [0.1, 0.15) is 17.8 Å². The molecule has 0 aliphatic heterocycles. The predicted molar refractivity (Wildman–Crippen MR) is 105 cm³/mol. The molecule has 3 heterocycles. The maximum absolute atomic E-state index is 13.2. The maximum Gasteiger partial charge on any atom is 0.293 e. The van der Waals surface area contributed by atoms with Crippen molar-refractivity contribution in [1.82, 2.24) is 24.7 Å². The van der Waals surface area contributed by atoms with Crippen LogP contribution in [-0.2, 0) is 11.3 Å². The lowest BCUT2D eigenvalue weighted by Gasteiger charge is -2.09. The number of carbonyl (C=O) groups excluding carboxylic acids is 1. The minimum atomic E-state index is -0.403. The Morgan fingerprint density at radius 1 is 1.28 bits per heavy atom. The summed E-state index contributed by atoms with van der Waals surface area (Å²) in [6.07, 6.45) is 3.72. The molecule has 9 nitrogen and oxygen atoms in total. The molecule has 1 N–H and O–H groups in total. The fourth-order valence-corrected chi connectivity index (χ4v) is 3.37. The second-order valence-corrected chi connectivity index (χ2v) is 7.15. The summed E-state index contributed by atoms with van der Waals surface area (Å²) in [7, 11) is 0. The summed E-state index contributed by atoms with van der Waals surface area (Å²) < 4.78 is 7.77. The number of nitrogens with one attached hydrogen (secondary N) is 1. The number of aryl methyl sites for hydroxylation is 1. The van der Waals surface area contributed by atoms with Crippen LogP contribution >= 0.6 is 0 Å². The summed E-state index contributed by atoms with van der Waals surface area (Å²) in [5, 5.41) is 16.0. The number of nitrogens with zero attached hydrogens (tertiary/aromatic N) is 5. The van der Waals surface area contributed by atoms with Crippen molar-refractivity contribution in [2.24, 2.45) is 0 Å². The monoisotopic (exact) mass is 390 g/mol. The van der Waals surface area contributed by atoms with Crippen molar-refractivity contribution in [3.63, 3.8) is 0 Å². The highest BCUT2D eigenvalue weighted by atomic mass is 16.5. The van der Waals surface area contributed by atoms with E-state index in [0.29, 0.717) is 23.0 Å². The van der Waals surface area contributed by atoms with Gasteiger partial charge in [0.25, 0.3) is 5.56 Å². The summed E-state index contributed by atoms with van der Waals surface area (Å²) in [6.45, 7) is 1.51. The van der Waals surface area contributed by atoms with E-state index in [1.807, 2.05) is 30.3 Å². The zero-order valence-corrected chi connectivity index (χ0v) is 15.7. The highest BCUT2D eigenvalue weighted by molar-refractivity contribution is 5.90. The predicted octanol–water partition coefficient (Wildman–Crippen LogP) is 2.39. The average molecular weight is 390 g/mol. The molecule has 1 saturated carbocycles. The van der Waals surface area contributed by atoms with Crippen LogP contribution < -0.4 is 10.9 Å². The van der Waals surface area contributed by atoms with Crippen molar-refractivity contribution < 1.29 is 9.32 Å². The van der Waals surface area contributed by atoms with Crippen molar-refractivity contribution >= 4 is 22.6 Å². The molecule has 1 amide bonds. The van der Waals surface area contributed by atoms with Gasteiger partial charge in [-0.2, -0.15) is 10.2 Å². The van der Waals surface area contributed by atoms with Crippen LogP contribution in [0.25, 0.3) is 16.6 Å². The molecule has 5 rings (SSSR count). The van der Waals surface area contributed by atoms with Crippen molar-refractivity contribution in [2.75, 3.05) is 5.32 Å². The molecule has 1 fully saturated rings. The van der Waals surface area contributed by atoms with Gasteiger partial charge in [-0.1, -0.05) is 23.4 Å². The van der Waals surface area contributed by atoms with Crippen LogP contribution in [0.5, 0.6) is 0 Å². The highest BCUT2D eigenvalue weighted by Crippen LogP contribution is 2.41. The van der Waals surface area contributed by atoms with Crippen molar-refractivity contribution in [3.05, 3.63) is 64.4 Å². The van der Waals surface area contributed by atoms with E-state index >= 15 is 0 Å². The van der Waals surface area contributed by atoms with Crippen LogP contribution in [0.2, 0.25) is 0 Å². The Hall–Kier alpha value is -3.75. The van der Waals surface area contributed by atoms with E-state index in [4.69, 9.17) is 4.52 Å². The molecule has 146 valence electrons. The summed E-state index contributed by atoms with van der Waals surface area (Å²) in [4.78, 5) is 25.7. The van der Waals surface area contributed by atoms with Gasteiger partial charge in [-0.15, -0.1) is 0 Å². The summed E-state index contributed by atoms with van der Waals surface area (Å²) in [5.74, 6) is 0.775. The van der Waals surface area contributed by atoms with Crippen LogP contribution in [0.4, 0.5) is 5.82 Å². The second kappa shape index (κ2) is 6.69. The number of hydrogen-bond acceptors (Lipinski definition) is 6. The molecule has 29 heavy (non-hydrogen) atoms. The first-order chi connectivity index (χ1) is 14.1. The number of rotatable bonds is 5. The number of fused-ring (bicyclic) bond motifs is 1. The van der Waals surface area contributed by atoms with E-state index in [0.717, 1.165) is 29.6 Å². The first-order valence-electron chi connectivity index (χ1n) is 9.37. The molecule has 9 heteroatoms. The van der Waals surface area contributed by atoms with Crippen molar-refractivity contribution in [1.29, 1.82) is 0 Å². The Morgan fingerprint density at radius 2 is 2.07 bits per heavy atom. The van der Waals surface area contributed by atoms with Crippen LogP contribution in [0.3, 0.4) is 0 Å². The zero-order chi connectivity index (χ0) is 20.0. The molecule has 0 unspecified atom stereocenters. The number of para-hydroxylation sites is 1. The molecule has 3 aromatic heterocycles. The van der Waals surface area contributed by atoms with Gasteiger partial charge in [0, 0.05) is 17.4 Å². The quantitative estimate of drug-likeness (QED) is 0.561. The van der Waals surface area contributed by atoms with Crippen molar-refractivity contribution in [3.8, 4) is 5.69 Å². The van der Waals surface area contributed by atoms with Crippen LogP contribution in [0.15, 0.2) is 51.9 Å². The van der Waals surface area contributed by atoms with Crippen molar-refractivity contribution in [2.45, 2.75) is 32.2 Å². The van der Waals surface area contributed by atoms with Gasteiger partial charge < -0.3 is 9.84 Å². The zero-order valence-electron chi connectivity index (χ0n) is 15.7. The Balaban J connectivity index is 1.57. The van der Waals surface area contributed by atoms with Crippen LogP contribution in [0.1, 0.15) is 30.2 Å². The number of hydrogen-bond donors (Lipinski definition) is 1. The summed E-state index contributed by atoms with van der Waals surface area (Å²) in [5.41, 5.74) is 1.66. The minimum absolute atomic E-state index is 0.222. The summed E-state index contributed by atoms with van der Waals surface area (Å²) >= 11 is 0. The fourth-order valence-electron chi connectivity index (χ4n) is 3.37. The Bertz CT molecular complexity index is 1270. The number of benzene rings is 1. The first-order valence-corrected chi connectivity index (χ1v) is 9.37. The smallest absolute Gasteiger partial charge is 0.293 e. The third kappa shape index (κ3) is 3.20. The molecular formula is C20H18N6O3. The van der Waals surface area contributed by atoms with Gasteiger partial charge in [0.2, 0.25) is 5.91 Å². The molecule has 1 aliphatic carbocycles. The molecule has 0 radical (unpaired) electrons. The normalized spacial score (nSPS) is 13.7. The van der Waals surface area contributed by atoms with E-state index in [1.54, 1.807) is 23.9 Å². The molecule has 4 aromatic rings. The summed E-state index contributed by atoms with van der Waals surface area (Å²) in [6, 6.07) is 11.0. The molecule has 0 atom stereocenters. The number of carbonyl (C=O) groups is 1. The number of amides is 1. The molecular weight excluding hydrogens is 372 g/mol. The second-order valence-electron chi connectivity index (χ2n) is 7.15. The molecule has 0 spiro atoms. The van der Waals surface area contributed by atoms with E-state index in [-0.39, 0.29) is 12.1 Å². The number of aromatic nitrogens is 5. The standard InChI is InChI=1S/C20H18N6O3/c1-12-9-16(24-29-12)22-17(27)11-25-20(28)19-15(18(23-25)13-7-8-13)10-21-26(19)14-5-3-2-4-6-14/h2-6,9-10,13H,7-8,11H2,1H3,(H,22,24,27). The molecule has 1 aromatic carbocycles. The van der Waals surface area contributed by atoms with E-state index in [1.165, 1.54) is 4.68 Å². The van der Waals surface area contributed by atoms with E-state index < -0.39 is 5.91 Å². The molecule has 1 aliphatic rings. The lowest BCUT2D eigenvalue weighted by Crippen LogP contribution is -2.31. The Morgan fingerprint density at radius 3 is 2.76 bits per heavy atom. The van der Waals surface area contributed by atoms with Gasteiger partial charge in [-0.3, -0.25) is 9.59 Å². The van der Waals surface area contributed by atoms with E-state index in [2.05, 4.69) is 20.7 Å². The fraction of sp³-hybridized carbons (Fsp3) is 0.250. The van der Waals surface area contributed by atoms with Gasteiger partial charge in [-0.05, 0) is 31.9 Å². The maximum atomic E-state index is 13.2. The number of anilines is 1. The average Bonchev–Trinajstić information content (AvgIpc) is 3.33. The highest BCUT2D eigenvalue weighted by Gasteiger charge is 2.30. The lowest BCUT2D eigenvalue weighted by atomic mass is 10.2. The largest absolute Gasteiger partial charge is 0.360 e. The third-order valence-corrected chi connectivity index (χ3v) is 4.86. The minimum Gasteiger partial charge on any atom is -0.360 e. The van der Waals surface area contributed by atoms with Gasteiger partial charge in [-0.25, -0.2) is 9.36 Å². The third-order valence-electron chi connectivity index (χ3n) is 4.86. The van der Waals surface area contributed by atoms with E-state index in [9.17, 15) is 9.59 Å². The topological polar surface area (TPSA) is 108 Å². The Labute approximate surface area is 164 Å². The SMILES string of the molecule is Cc1cc(NC(=O)Cn2nc(C3CC3)c3cnn(-c4ccccc4)c3c2=O)no1. The van der Waals surface area contributed by atoms with Crippen LogP contribution in [-0.4, -0.2) is 30.6 Å². The van der Waals surface area contributed by atoms with Gasteiger partial charge >= 0.3 is 0 Å².